The molecule has 0 bridgehead atoms. The van der Waals surface area contributed by atoms with Gasteiger partial charge < -0.3 is 9.84 Å². The fourth-order valence-corrected chi connectivity index (χ4v) is 2.09. The lowest BCUT2D eigenvalue weighted by Crippen LogP contribution is -2.34. The van der Waals surface area contributed by atoms with Crippen molar-refractivity contribution in [2.45, 2.75) is 37.9 Å². The highest BCUT2D eigenvalue weighted by molar-refractivity contribution is 5.43. The van der Waals surface area contributed by atoms with Crippen LogP contribution in [0.1, 0.15) is 31.2 Å². The number of ether oxygens (including phenoxy) is 1. The van der Waals surface area contributed by atoms with E-state index in [1.165, 1.54) is 12.1 Å². The number of hydrogen-bond acceptors (Lipinski definition) is 3. The van der Waals surface area contributed by atoms with Crippen LogP contribution in [0.4, 0.5) is 4.39 Å². The zero-order valence-corrected chi connectivity index (χ0v) is 9.40. The first kappa shape index (κ1) is 11.9. The maximum atomic E-state index is 13.3. The molecule has 1 aliphatic carbocycles. The largest absolute Gasteiger partial charge is 0.486 e. The summed E-state index contributed by atoms with van der Waals surface area (Å²) in [4.78, 5) is 0. The first-order valence-corrected chi connectivity index (χ1v) is 5.75. The van der Waals surface area contributed by atoms with Gasteiger partial charge in [-0.15, -0.1) is 0 Å². The second kappa shape index (κ2) is 5.15. The lowest BCUT2D eigenvalue weighted by molar-refractivity contribution is 0.00657. The molecule has 1 aromatic carbocycles. The van der Waals surface area contributed by atoms with Gasteiger partial charge in [0.1, 0.15) is 29.3 Å². The van der Waals surface area contributed by atoms with Crippen molar-refractivity contribution in [3.8, 4) is 11.8 Å². The smallest absolute Gasteiger partial charge is 0.144 e. The average Bonchev–Trinajstić information content (AvgIpc) is 2.32. The molecule has 90 valence electrons. The topological polar surface area (TPSA) is 53.2 Å². The van der Waals surface area contributed by atoms with Gasteiger partial charge in [0.15, 0.2) is 0 Å². The van der Waals surface area contributed by atoms with Gasteiger partial charge in [-0.1, -0.05) is 12.5 Å². The average molecular weight is 235 g/mol. The molecule has 1 saturated carbocycles. The summed E-state index contributed by atoms with van der Waals surface area (Å²) in [7, 11) is 0. The molecule has 0 unspecified atom stereocenters. The van der Waals surface area contributed by atoms with E-state index in [1.807, 2.05) is 0 Å². The fraction of sp³-hybridized carbons (Fsp3) is 0.462. The third-order valence-corrected chi connectivity index (χ3v) is 3.03. The van der Waals surface area contributed by atoms with Crippen LogP contribution in [0.25, 0.3) is 0 Å². The summed E-state index contributed by atoms with van der Waals surface area (Å²) in [5.41, 5.74) is -0.0923. The zero-order chi connectivity index (χ0) is 12.3. The molecule has 0 aromatic heterocycles. The van der Waals surface area contributed by atoms with Crippen LogP contribution in [0.15, 0.2) is 18.2 Å². The van der Waals surface area contributed by atoms with Gasteiger partial charge >= 0.3 is 0 Å². The predicted octanol–water partition coefficient (Wildman–Crippen LogP) is 2.38. The van der Waals surface area contributed by atoms with Crippen LogP contribution in [0, 0.1) is 17.1 Å². The summed E-state index contributed by atoms with van der Waals surface area (Å²) >= 11 is 0. The SMILES string of the molecule is N#Cc1c(F)cccc1O[C@@H]1CCCC[C@H]1O. The molecule has 0 aliphatic heterocycles. The van der Waals surface area contributed by atoms with E-state index in [0.717, 1.165) is 19.3 Å². The van der Waals surface area contributed by atoms with Crippen molar-refractivity contribution < 1.29 is 14.2 Å². The molecule has 0 spiro atoms. The van der Waals surface area contributed by atoms with E-state index < -0.39 is 11.9 Å². The minimum atomic E-state index is -0.588. The zero-order valence-electron chi connectivity index (χ0n) is 9.40. The second-order valence-electron chi connectivity index (χ2n) is 4.23. The molecule has 2 atom stereocenters. The van der Waals surface area contributed by atoms with Crippen molar-refractivity contribution >= 4 is 0 Å². The lowest BCUT2D eigenvalue weighted by Gasteiger charge is -2.28. The van der Waals surface area contributed by atoms with E-state index in [1.54, 1.807) is 12.1 Å². The summed E-state index contributed by atoms with van der Waals surface area (Å²) in [5.74, 6) is -0.367. The maximum Gasteiger partial charge on any atom is 0.144 e. The quantitative estimate of drug-likeness (QED) is 0.856. The number of rotatable bonds is 2. The Balaban J connectivity index is 2.18. The molecule has 3 nitrogen and oxygen atoms in total. The number of nitriles is 1. The van der Waals surface area contributed by atoms with E-state index in [2.05, 4.69) is 0 Å². The van der Waals surface area contributed by atoms with Crippen LogP contribution in [0.2, 0.25) is 0 Å². The number of benzene rings is 1. The third kappa shape index (κ3) is 2.56. The molecular formula is C13H14FNO2. The van der Waals surface area contributed by atoms with Crippen molar-refractivity contribution in [2.75, 3.05) is 0 Å². The highest BCUT2D eigenvalue weighted by atomic mass is 19.1. The molecule has 0 amide bonds. The van der Waals surface area contributed by atoms with Crippen molar-refractivity contribution in [1.29, 1.82) is 5.26 Å². The van der Waals surface area contributed by atoms with Gasteiger partial charge in [0.25, 0.3) is 0 Å². The van der Waals surface area contributed by atoms with Crippen molar-refractivity contribution in [1.82, 2.24) is 0 Å². The third-order valence-electron chi connectivity index (χ3n) is 3.03. The van der Waals surface area contributed by atoms with Crippen LogP contribution < -0.4 is 4.74 Å². The fourth-order valence-electron chi connectivity index (χ4n) is 2.09. The normalized spacial score (nSPS) is 24.1. The Morgan fingerprint density at radius 3 is 2.82 bits per heavy atom. The van der Waals surface area contributed by atoms with Crippen LogP contribution >= 0.6 is 0 Å². The molecule has 1 aromatic rings. The summed E-state index contributed by atoms with van der Waals surface area (Å²) in [6.07, 6.45) is 2.54. The Morgan fingerprint density at radius 1 is 1.35 bits per heavy atom. The van der Waals surface area contributed by atoms with Crippen molar-refractivity contribution in [3.63, 3.8) is 0 Å². The van der Waals surface area contributed by atoms with Crippen molar-refractivity contribution in [2.24, 2.45) is 0 Å². The number of nitrogens with zero attached hydrogens (tertiary/aromatic N) is 1. The molecular weight excluding hydrogens is 221 g/mol. The Bertz CT molecular complexity index is 442. The highest BCUT2D eigenvalue weighted by Crippen LogP contribution is 2.27. The standard InChI is InChI=1S/C13H14FNO2/c14-10-4-3-7-12(9(10)8-15)17-13-6-2-1-5-11(13)16/h3-4,7,11,13,16H,1-2,5-6H2/t11-,13-/m1/s1. The van der Waals surface area contributed by atoms with E-state index >= 15 is 0 Å². The lowest BCUT2D eigenvalue weighted by atomic mass is 9.95. The van der Waals surface area contributed by atoms with Gasteiger partial charge in [0, 0.05) is 0 Å². The van der Waals surface area contributed by atoms with E-state index in [9.17, 15) is 9.50 Å². The summed E-state index contributed by atoms with van der Waals surface area (Å²) in [6.45, 7) is 0. The minimum Gasteiger partial charge on any atom is -0.486 e. The second-order valence-corrected chi connectivity index (χ2v) is 4.23. The Morgan fingerprint density at radius 2 is 2.12 bits per heavy atom. The molecule has 2 rings (SSSR count). The van der Waals surface area contributed by atoms with Gasteiger partial charge in [-0.2, -0.15) is 5.26 Å². The molecule has 4 heteroatoms. The summed E-state index contributed by atoms with van der Waals surface area (Å²) < 4.78 is 18.9. The first-order valence-electron chi connectivity index (χ1n) is 5.75. The maximum absolute atomic E-state index is 13.3. The van der Waals surface area contributed by atoms with Gasteiger partial charge in [-0.25, -0.2) is 4.39 Å². The van der Waals surface area contributed by atoms with Gasteiger partial charge in [-0.05, 0) is 31.4 Å². The van der Waals surface area contributed by atoms with Crippen molar-refractivity contribution in [3.05, 3.63) is 29.6 Å². The van der Waals surface area contributed by atoms with E-state index in [4.69, 9.17) is 10.00 Å². The molecule has 1 aliphatic rings. The number of halogens is 1. The van der Waals surface area contributed by atoms with Crippen LogP contribution in [-0.4, -0.2) is 17.3 Å². The van der Waals surface area contributed by atoms with Crippen LogP contribution in [0.5, 0.6) is 5.75 Å². The molecule has 1 N–H and O–H groups in total. The number of aliphatic hydroxyl groups excluding tert-OH is 1. The molecule has 17 heavy (non-hydrogen) atoms. The minimum absolute atomic E-state index is 0.0923. The number of hydrogen-bond donors (Lipinski definition) is 1. The molecule has 0 saturated heterocycles. The Hall–Kier alpha value is -1.60. The number of aliphatic hydroxyl groups is 1. The highest BCUT2D eigenvalue weighted by Gasteiger charge is 2.25. The molecule has 0 heterocycles. The summed E-state index contributed by atoms with van der Waals surface area (Å²) in [6, 6.07) is 6.07. The predicted molar refractivity (Wildman–Crippen MR) is 60.0 cm³/mol. The first-order chi connectivity index (χ1) is 8.22. The molecule has 1 fully saturated rings. The Labute approximate surface area is 99.4 Å². The summed E-state index contributed by atoms with van der Waals surface area (Å²) in [5, 5.41) is 18.6. The molecule has 0 radical (unpaired) electrons. The van der Waals surface area contributed by atoms with E-state index in [-0.39, 0.29) is 17.4 Å². The monoisotopic (exact) mass is 235 g/mol. The van der Waals surface area contributed by atoms with Gasteiger partial charge in [0.2, 0.25) is 0 Å². The van der Waals surface area contributed by atoms with Gasteiger partial charge in [0.05, 0.1) is 6.10 Å². The Kier molecular flexibility index (Phi) is 3.60. The van der Waals surface area contributed by atoms with Crippen LogP contribution in [0.3, 0.4) is 0 Å². The van der Waals surface area contributed by atoms with Gasteiger partial charge in [-0.3, -0.25) is 0 Å². The van der Waals surface area contributed by atoms with E-state index in [0.29, 0.717) is 6.42 Å². The van der Waals surface area contributed by atoms with Crippen LogP contribution in [-0.2, 0) is 0 Å².